The van der Waals surface area contributed by atoms with E-state index in [1.54, 1.807) is 28.0 Å². The van der Waals surface area contributed by atoms with Gasteiger partial charge in [-0.25, -0.2) is 20.4 Å². The maximum Gasteiger partial charge on any atom is 0.414 e. The standard InChI is InChI=1S/C24H21FN6O2/c1-26-24(20-11-27-12-21(20)24)19-7-4-16(10-22(19)25)15-2-5-17(6-3-15)31-14-18(33-23(31)32)13-30-9-8-28-29-30/h2-10,18,20-21,27H,11-14H2/t18-,20-,21+,24?/m0/s1. The van der Waals surface area contributed by atoms with Crippen molar-refractivity contribution in [1.82, 2.24) is 20.3 Å². The number of benzene rings is 2. The molecule has 1 aromatic heterocycles. The van der Waals surface area contributed by atoms with Gasteiger partial charge in [0.2, 0.25) is 0 Å². The Hall–Kier alpha value is -3.77. The predicted octanol–water partition coefficient (Wildman–Crippen LogP) is 3.07. The molecule has 0 radical (unpaired) electrons. The van der Waals surface area contributed by atoms with Crippen LogP contribution in [0.2, 0.25) is 0 Å². The number of aromatic nitrogens is 3. The Morgan fingerprint density at radius 1 is 1.18 bits per heavy atom. The zero-order valence-electron chi connectivity index (χ0n) is 17.7. The molecule has 9 heteroatoms. The molecule has 8 nitrogen and oxygen atoms in total. The lowest BCUT2D eigenvalue weighted by Gasteiger charge is -2.14. The summed E-state index contributed by atoms with van der Waals surface area (Å²) in [5.74, 6) is 0.0625. The number of halogens is 1. The number of fused-ring (bicyclic) bond motifs is 1. The highest BCUT2D eigenvalue weighted by atomic mass is 19.1. The molecule has 3 aliphatic rings. The van der Waals surface area contributed by atoms with Crippen LogP contribution in [0.1, 0.15) is 5.56 Å². The summed E-state index contributed by atoms with van der Waals surface area (Å²) in [7, 11) is 0. The molecule has 1 amide bonds. The monoisotopic (exact) mass is 444 g/mol. The van der Waals surface area contributed by atoms with Gasteiger partial charge in [0.25, 0.3) is 5.54 Å². The van der Waals surface area contributed by atoms with E-state index in [4.69, 9.17) is 11.3 Å². The van der Waals surface area contributed by atoms with Gasteiger partial charge < -0.3 is 14.9 Å². The van der Waals surface area contributed by atoms with Gasteiger partial charge in [0.1, 0.15) is 11.9 Å². The number of carbonyl (C=O) groups excluding carboxylic acids is 1. The number of piperidine rings is 1. The minimum atomic E-state index is -0.712. The number of rotatable bonds is 5. The summed E-state index contributed by atoms with van der Waals surface area (Å²) in [4.78, 5) is 17.8. The number of cyclic esters (lactones) is 1. The molecule has 1 aliphatic carbocycles. The fourth-order valence-corrected chi connectivity index (χ4v) is 5.36. The third kappa shape index (κ3) is 3.09. The van der Waals surface area contributed by atoms with Crippen LogP contribution in [0.3, 0.4) is 0 Å². The topological polar surface area (TPSA) is 76.6 Å². The highest BCUT2D eigenvalue weighted by Gasteiger charge is 2.76. The van der Waals surface area contributed by atoms with Crippen molar-refractivity contribution in [3.05, 3.63) is 77.7 Å². The summed E-state index contributed by atoms with van der Waals surface area (Å²) in [5, 5.41) is 10.9. The maximum absolute atomic E-state index is 15.1. The number of carbonyl (C=O) groups is 1. The van der Waals surface area contributed by atoms with Crippen molar-refractivity contribution in [3.63, 3.8) is 0 Å². The van der Waals surface area contributed by atoms with Gasteiger partial charge in [-0.15, -0.1) is 5.10 Å². The summed E-state index contributed by atoms with van der Waals surface area (Å²) < 4.78 is 22.2. The van der Waals surface area contributed by atoms with Crippen molar-refractivity contribution in [2.75, 3.05) is 24.5 Å². The molecule has 0 bridgehead atoms. The van der Waals surface area contributed by atoms with E-state index in [0.29, 0.717) is 24.3 Å². The first-order valence-electron chi connectivity index (χ1n) is 10.9. The van der Waals surface area contributed by atoms with Gasteiger partial charge in [-0.3, -0.25) is 4.90 Å². The summed E-state index contributed by atoms with van der Waals surface area (Å²) >= 11 is 0. The second-order valence-corrected chi connectivity index (χ2v) is 8.79. The van der Waals surface area contributed by atoms with Gasteiger partial charge in [-0.1, -0.05) is 23.4 Å². The van der Waals surface area contributed by atoms with E-state index in [1.165, 1.54) is 6.07 Å². The Morgan fingerprint density at radius 2 is 1.94 bits per heavy atom. The van der Waals surface area contributed by atoms with Gasteiger partial charge >= 0.3 is 6.09 Å². The van der Waals surface area contributed by atoms with Crippen LogP contribution < -0.4 is 10.2 Å². The minimum absolute atomic E-state index is 0.197. The summed E-state index contributed by atoms with van der Waals surface area (Å²) in [6, 6.07) is 12.5. The molecule has 1 N–H and O–H groups in total. The van der Waals surface area contributed by atoms with Crippen LogP contribution in [0.4, 0.5) is 14.9 Å². The summed E-state index contributed by atoms with van der Waals surface area (Å²) in [6.07, 6.45) is 2.59. The van der Waals surface area contributed by atoms with Gasteiger partial charge in [0.15, 0.2) is 0 Å². The van der Waals surface area contributed by atoms with Crippen molar-refractivity contribution in [2.45, 2.75) is 18.2 Å². The lowest BCUT2D eigenvalue weighted by atomic mass is 9.96. The lowest BCUT2D eigenvalue weighted by molar-refractivity contribution is 0.129. The van der Waals surface area contributed by atoms with Crippen LogP contribution in [0.25, 0.3) is 16.0 Å². The Kier molecular flexibility index (Phi) is 4.45. The number of nitrogens with one attached hydrogen (secondary N) is 1. The molecule has 2 aliphatic heterocycles. The molecule has 3 heterocycles. The first-order valence-corrected chi connectivity index (χ1v) is 10.9. The van der Waals surface area contributed by atoms with Gasteiger partial charge in [-0.2, -0.15) is 0 Å². The van der Waals surface area contributed by atoms with Crippen molar-refractivity contribution < 1.29 is 13.9 Å². The van der Waals surface area contributed by atoms with Crippen LogP contribution in [-0.2, 0) is 16.8 Å². The Labute approximate surface area is 189 Å². The summed E-state index contributed by atoms with van der Waals surface area (Å²) in [6.45, 7) is 10.1. The quantitative estimate of drug-likeness (QED) is 0.612. The second-order valence-electron chi connectivity index (χ2n) is 8.79. The van der Waals surface area contributed by atoms with E-state index in [-0.39, 0.29) is 23.8 Å². The third-order valence-corrected chi connectivity index (χ3v) is 7.07. The molecule has 4 atom stereocenters. The highest BCUT2D eigenvalue weighted by molar-refractivity contribution is 5.90. The van der Waals surface area contributed by atoms with E-state index in [9.17, 15) is 4.79 Å². The van der Waals surface area contributed by atoms with Crippen LogP contribution in [0.5, 0.6) is 0 Å². The SMILES string of the molecule is [C-]#[N+]C1(c2ccc(-c3ccc(N4C[C@H](Cn5ccnn5)OC4=O)cc3)cc2F)[C@@H]2CNC[C@@H]21. The molecule has 6 rings (SSSR count). The normalized spacial score (nSPS) is 27.8. The zero-order chi connectivity index (χ0) is 22.6. The molecule has 2 saturated heterocycles. The molecule has 33 heavy (non-hydrogen) atoms. The van der Waals surface area contributed by atoms with Gasteiger partial charge in [-0.05, 0) is 35.4 Å². The number of hydrogen-bond donors (Lipinski definition) is 1. The number of amides is 1. The molecule has 1 saturated carbocycles. The van der Waals surface area contributed by atoms with E-state index in [1.807, 2.05) is 30.3 Å². The third-order valence-electron chi connectivity index (χ3n) is 7.07. The first kappa shape index (κ1) is 19.9. The number of anilines is 1. The smallest absolute Gasteiger partial charge is 0.414 e. The van der Waals surface area contributed by atoms with Crippen molar-refractivity contribution >= 4 is 11.8 Å². The summed E-state index contributed by atoms with van der Waals surface area (Å²) in [5.41, 5.74) is 2.08. The fourth-order valence-electron chi connectivity index (χ4n) is 5.36. The van der Waals surface area contributed by atoms with E-state index in [2.05, 4.69) is 20.5 Å². The second kappa shape index (κ2) is 7.39. The first-order chi connectivity index (χ1) is 16.1. The van der Waals surface area contributed by atoms with Crippen LogP contribution >= 0.6 is 0 Å². The van der Waals surface area contributed by atoms with E-state index in [0.717, 1.165) is 24.2 Å². The maximum atomic E-state index is 15.1. The lowest BCUT2D eigenvalue weighted by Crippen LogP contribution is -2.26. The molecular formula is C24H21FN6O2. The zero-order valence-corrected chi connectivity index (χ0v) is 17.7. The average Bonchev–Trinajstić information content (AvgIpc) is 3.35. The molecule has 166 valence electrons. The van der Waals surface area contributed by atoms with Crippen LogP contribution in [0, 0.1) is 24.2 Å². The number of ether oxygens (including phenoxy) is 1. The van der Waals surface area contributed by atoms with Gasteiger partial charge in [0.05, 0.1) is 36.7 Å². The molecule has 0 spiro atoms. The van der Waals surface area contributed by atoms with Crippen molar-refractivity contribution in [1.29, 1.82) is 0 Å². The number of hydrogen-bond acceptors (Lipinski definition) is 5. The van der Waals surface area contributed by atoms with Crippen LogP contribution in [0.15, 0.2) is 54.9 Å². The van der Waals surface area contributed by atoms with Crippen molar-refractivity contribution in [2.24, 2.45) is 11.8 Å². The minimum Gasteiger partial charge on any atom is -0.442 e. The molecular weight excluding hydrogens is 423 g/mol. The highest BCUT2D eigenvalue weighted by Crippen LogP contribution is 2.63. The predicted molar refractivity (Wildman–Crippen MR) is 118 cm³/mol. The molecule has 3 aromatic rings. The molecule has 1 unspecified atom stereocenters. The Bertz CT molecular complexity index is 1240. The van der Waals surface area contributed by atoms with Crippen LogP contribution in [-0.4, -0.2) is 46.8 Å². The van der Waals surface area contributed by atoms with Crippen molar-refractivity contribution in [3.8, 4) is 11.1 Å². The Balaban J connectivity index is 1.19. The number of nitrogens with zero attached hydrogens (tertiary/aromatic N) is 5. The largest absolute Gasteiger partial charge is 0.442 e. The van der Waals surface area contributed by atoms with Gasteiger partial charge in [0, 0.05) is 25.0 Å². The fraction of sp³-hybridized carbons (Fsp3) is 0.333. The Morgan fingerprint density at radius 3 is 2.61 bits per heavy atom. The molecule has 2 aromatic carbocycles. The van der Waals surface area contributed by atoms with E-state index < -0.39 is 11.6 Å². The van der Waals surface area contributed by atoms with E-state index >= 15 is 4.39 Å². The average molecular weight is 444 g/mol. The molecule has 3 fully saturated rings.